The number of aliphatic hydroxyl groups excluding tert-OH is 1. The Morgan fingerprint density at radius 1 is 0.673 bits per heavy atom. The standard InChI is InChI=1S/C39H33N3O10/c1-47-29-22-28(30(48-2)27-21-13-12-20-26(27)29)31-32(50-37(44)23-14-6-3-7-15-23)33(51-38(45)24-16-8-4-9-17-24)34(35(49-31)36(43)41-42-40)52-39(46)25-18-10-5-11-19-25/h3-22,31-36,43H,1-2H3/t31-,32-,33+,34-,35-,36?/m0/s1. The maximum absolute atomic E-state index is 13.9. The minimum absolute atomic E-state index is 0.119. The minimum atomic E-state index is -1.99. The largest absolute Gasteiger partial charge is 0.496 e. The second-order valence-electron chi connectivity index (χ2n) is 11.6. The second kappa shape index (κ2) is 16.1. The fourth-order valence-electron chi connectivity index (χ4n) is 6.12. The first-order chi connectivity index (χ1) is 25.3. The maximum atomic E-state index is 13.9. The van der Waals surface area contributed by atoms with Crippen LogP contribution in [0.25, 0.3) is 21.2 Å². The molecule has 6 rings (SSSR count). The van der Waals surface area contributed by atoms with Gasteiger partial charge in [0, 0.05) is 21.2 Å². The zero-order valence-corrected chi connectivity index (χ0v) is 28.0. The van der Waals surface area contributed by atoms with Crippen LogP contribution in [0.3, 0.4) is 0 Å². The Bertz CT molecular complexity index is 2090. The first-order valence-electron chi connectivity index (χ1n) is 16.1. The summed E-state index contributed by atoms with van der Waals surface area (Å²) in [5.74, 6) is -1.90. The molecule has 0 amide bonds. The SMILES string of the molecule is COc1cc([C@@H]2O[C@H](C(O)N=[N+]=[N-])[C@@H](OC(=O)c3ccccc3)[C@H](OC(=O)c3ccccc3)[C@H]2OC(=O)c2ccccc2)c(OC)c2ccccc12. The number of carbonyl (C=O) groups excluding carboxylic acids is 3. The van der Waals surface area contributed by atoms with E-state index < -0.39 is 54.7 Å². The van der Waals surface area contributed by atoms with Crippen LogP contribution >= 0.6 is 0 Å². The molecule has 52 heavy (non-hydrogen) atoms. The summed E-state index contributed by atoms with van der Waals surface area (Å²) in [7, 11) is 2.92. The van der Waals surface area contributed by atoms with Gasteiger partial charge in [0.05, 0.1) is 30.9 Å². The second-order valence-corrected chi connectivity index (χ2v) is 11.6. The molecule has 1 saturated heterocycles. The zero-order valence-electron chi connectivity index (χ0n) is 28.0. The number of carbonyl (C=O) groups is 3. The van der Waals surface area contributed by atoms with E-state index in [4.69, 9.17) is 28.4 Å². The van der Waals surface area contributed by atoms with E-state index in [0.29, 0.717) is 16.5 Å². The number of methoxy groups -OCH3 is 2. The fraction of sp³-hybridized carbons (Fsp3) is 0.205. The molecule has 1 N–H and O–H groups in total. The highest BCUT2D eigenvalue weighted by Gasteiger charge is 2.55. The highest BCUT2D eigenvalue weighted by molar-refractivity contribution is 5.95. The predicted molar refractivity (Wildman–Crippen MR) is 187 cm³/mol. The lowest BCUT2D eigenvalue weighted by Crippen LogP contribution is -2.61. The van der Waals surface area contributed by atoms with Crippen molar-refractivity contribution in [2.75, 3.05) is 14.2 Å². The van der Waals surface area contributed by atoms with Crippen molar-refractivity contribution in [3.63, 3.8) is 0 Å². The number of nitrogens with zero attached hydrogens (tertiary/aromatic N) is 3. The Morgan fingerprint density at radius 3 is 1.62 bits per heavy atom. The highest BCUT2D eigenvalue weighted by Crippen LogP contribution is 2.46. The van der Waals surface area contributed by atoms with Crippen molar-refractivity contribution in [1.82, 2.24) is 0 Å². The number of rotatable bonds is 11. The first kappa shape index (κ1) is 35.4. The molecule has 0 aliphatic carbocycles. The number of esters is 3. The molecule has 1 aliphatic rings. The molecule has 0 aromatic heterocycles. The average Bonchev–Trinajstić information content (AvgIpc) is 3.19. The molecule has 5 aromatic rings. The maximum Gasteiger partial charge on any atom is 0.338 e. The third-order valence-corrected chi connectivity index (χ3v) is 8.51. The number of ether oxygens (including phenoxy) is 6. The quantitative estimate of drug-likeness (QED) is 0.0518. The normalized spacial score (nSPS) is 20.1. The highest BCUT2D eigenvalue weighted by atomic mass is 16.7. The van der Waals surface area contributed by atoms with Crippen LogP contribution in [0.4, 0.5) is 0 Å². The van der Waals surface area contributed by atoms with Crippen LogP contribution in [0.2, 0.25) is 0 Å². The molecule has 13 heteroatoms. The van der Waals surface area contributed by atoms with Gasteiger partial charge in [0.25, 0.3) is 0 Å². The monoisotopic (exact) mass is 703 g/mol. The van der Waals surface area contributed by atoms with Crippen molar-refractivity contribution in [2.45, 2.75) is 36.7 Å². The summed E-state index contributed by atoms with van der Waals surface area (Å²) in [5.41, 5.74) is 10.0. The van der Waals surface area contributed by atoms with E-state index >= 15 is 0 Å². The van der Waals surface area contributed by atoms with E-state index in [9.17, 15) is 25.0 Å². The van der Waals surface area contributed by atoms with Crippen LogP contribution in [-0.2, 0) is 18.9 Å². The van der Waals surface area contributed by atoms with Gasteiger partial charge in [0.1, 0.15) is 23.7 Å². The molecular weight excluding hydrogens is 670 g/mol. The molecule has 13 nitrogen and oxygen atoms in total. The van der Waals surface area contributed by atoms with Crippen molar-refractivity contribution in [3.05, 3.63) is 154 Å². The van der Waals surface area contributed by atoms with E-state index in [2.05, 4.69) is 10.0 Å². The van der Waals surface area contributed by atoms with Crippen LogP contribution in [0.5, 0.6) is 11.5 Å². The lowest BCUT2D eigenvalue weighted by atomic mass is 9.88. The first-order valence-corrected chi connectivity index (χ1v) is 16.1. The smallest absolute Gasteiger partial charge is 0.338 e. The van der Waals surface area contributed by atoms with Crippen molar-refractivity contribution >= 4 is 28.7 Å². The van der Waals surface area contributed by atoms with Gasteiger partial charge in [-0.2, -0.15) is 0 Å². The molecule has 0 spiro atoms. The molecule has 1 heterocycles. The summed E-state index contributed by atoms with van der Waals surface area (Å²) < 4.78 is 36.4. The van der Waals surface area contributed by atoms with E-state index in [1.807, 2.05) is 12.1 Å². The molecule has 1 unspecified atom stereocenters. The average molecular weight is 704 g/mol. The molecule has 0 bridgehead atoms. The lowest BCUT2D eigenvalue weighted by molar-refractivity contribution is -0.244. The van der Waals surface area contributed by atoms with Gasteiger partial charge in [-0.15, -0.1) is 0 Å². The summed E-state index contributed by atoms with van der Waals surface area (Å²) in [4.78, 5) is 44.0. The van der Waals surface area contributed by atoms with Crippen LogP contribution in [0, 0.1) is 0 Å². The van der Waals surface area contributed by atoms with Crippen molar-refractivity contribution < 1.29 is 47.9 Å². The third kappa shape index (κ3) is 7.37. The minimum Gasteiger partial charge on any atom is -0.496 e. The van der Waals surface area contributed by atoms with Crippen molar-refractivity contribution in [1.29, 1.82) is 0 Å². The Balaban J connectivity index is 1.57. The van der Waals surface area contributed by atoms with Crippen LogP contribution in [0.1, 0.15) is 42.7 Å². The molecule has 1 fully saturated rings. The molecule has 0 saturated carbocycles. The van der Waals surface area contributed by atoms with Gasteiger partial charge in [-0.25, -0.2) is 14.4 Å². The predicted octanol–water partition coefficient (Wildman–Crippen LogP) is 6.60. The van der Waals surface area contributed by atoms with E-state index in [1.165, 1.54) is 50.6 Å². The molecular formula is C39H33N3O10. The molecule has 0 radical (unpaired) electrons. The number of fused-ring (bicyclic) bond motifs is 1. The Hall–Kier alpha value is -6.40. The van der Waals surface area contributed by atoms with Crippen LogP contribution in [-0.4, -0.2) is 67.9 Å². The van der Waals surface area contributed by atoms with Crippen LogP contribution in [0.15, 0.2) is 126 Å². The van der Waals surface area contributed by atoms with Gasteiger partial charge in [-0.05, 0) is 48.0 Å². The molecule has 264 valence electrons. The van der Waals surface area contributed by atoms with Gasteiger partial charge in [-0.3, -0.25) is 0 Å². The van der Waals surface area contributed by atoms with Gasteiger partial charge >= 0.3 is 17.9 Å². The van der Waals surface area contributed by atoms with E-state index in [-0.39, 0.29) is 28.0 Å². The Morgan fingerprint density at radius 2 is 1.13 bits per heavy atom. The van der Waals surface area contributed by atoms with Crippen LogP contribution < -0.4 is 9.47 Å². The number of aliphatic hydroxyl groups is 1. The van der Waals surface area contributed by atoms with Gasteiger partial charge in [0.2, 0.25) is 0 Å². The van der Waals surface area contributed by atoms with Gasteiger partial charge in [0.15, 0.2) is 24.5 Å². The fourth-order valence-corrected chi connectivity index (χ4v) is 6.12. The number of hydrogen-bond donors (Lipinski definition) is 1. The zero-order chi connectivity index (χ0) is 36.6. The number of azide groups is 1. The summed E-state index contributed by atoms with van der Waals surface area (Å²) >= 11 is 0. The summed E-state index contributed by atoms with van der Waals surface area (Å²) in [6, 6.07) is 32.8. The molecule has 5 aromatic carbocycles. The van der Waals surface area contributed by atoms with Gasteiger partial charge < -0.3 is 33.5 Å². The van der Waals surface area contributed by atoms with Crippen molar-refractivity contribution in [3.8, 4) is 11.5 Å². The third-order valence-electron chi connectivity index (χ3n) is 8.51. The topological polar surface area (TPSA) is 176 Å². The number of benzene rings is 5. The lowest BCUT2D eigenvalue weighted by Gasteiger charge is -2.46. The summed E-state index contributed by atoms with van der Waals surface area (Å²) in [5, 5.41) is 16.0. The van der Waals surface area contributed by atoms with Gasteiger partial charge in [-0.1, -0.05) is 84.0 Å². The molecule has 6 atom stereocenters. The van der Waals surface area contributed by atoms with E-state index in [1.54, 1.807) is 72.8 Å². The molecule has 1 aliphatic heterocycles. The van der Waals surface area contributed by atoms with Crippen molar-refractivity contribution in [2.24, 2.45) is 5.11 Å². The Labute approximate surface area is 297 Å². The summed E-state index contributed by atoms with van der Waals surface area (Å²) in [6.07, 6.45) is -9.99. The Kier molecular flexibility index (Phi) is 11.0. The van der Waals surface area contributed by atoms with E-state index in [0.717, 1.165) is 0 Å². The summed E-state index contributed by atoms with van der Waals surface area (Å²) in [6.45, 7) is 0. The number of hydrogen-bond acceptors (Lipinski definition) is 11.